The van der Waals surface area contributed by atoms with Crippen LogP contribution in [-0.2, 0) is 14.6 Å². The van der Waals surface area contributed by atoms with E-state index < -0.39 is 9.84 Å². The Morgan fingerprint density at radius 3 is 2.38 bits per heavy atom. The maximum atomic E-state index is 13.5. The normalized spacial score (nSPS) is 20.3. The molecule has 2 saturated heterocycles. The van der Waals surface area contributed by atoms with E-state index in [0.29, 0.717) is 35.7 Å². The number of piperidine rings is 1. The van der Waals surface area contributed by atoms with Crippen LogP contribution in [0.15, 0.2) is 41.3 Å². The Morgan fingerprint density at radius 2 is 1.78 bits per heavy atom. The SMILES string of the molecule is CC(C)(C)CS(=O)(=O)c1cccc(NC(=O)c2ccc(NC3(C)COC3)nc2N2CCC3(CC2)CC3)c1. The fraction of sp³-hybridized carbons (Fsp3) is 0.571. The number of carbonyl (C=O) groups is 1. The molecule has 2 N–H and O–H groups in total. The minimum atomic E-state index is -3.48. The Kier molecular flexibility index (Phi) is 6.51. The van der Waals surface area contributed by atoms with Crippen molar-refractivity contribution < 1.29 is 17.9 Å². The molecule has 1 aliphatic carbocycles. The molecular weight excluding hydrogens is 488 g/mol. The standard InChI is InChI=1S/C28H38N4O4S/c1-26(2,3)19-37(34,35)21-7-5-6-20(16-21)29-25(33)22-8-9-23(31-27(4)17-36-18-27)30-24(22)32-14-12-28(10-11-28)13-15-32/h5-9,16H,10-15,17-19H2,1-4H3,(H,29,33)(H,30,31). The van der Waals surface area contributed by atoms with Gasteiger partial charge in [0, 0.05) is 18.8 Å². The fourth-order valence-electron chi connectivity index (χ4n) is 5.21. The number of benzene rings is 1. The summed E-state index contributed by atoms with van der Waals surface area (Å²) in [6, 6.07) is 10.1. The van der Waals surface area contributed by atoms with Gasteiger partial charge in [-0.3, -0.25) is 4.79 Å². The maximum absolute atomic E-state index is 13.5. The summed E-state index contributed by atoms with van der Waals surface area (Å²) in [7, 11) is -3.48. The van der Waals surface area contributed by atoms with Crippen molar-refractivity contribution in [2.45, 2.75) is 63.8 Å². The zero-order valence-corrected chi connectivity index (χ0v) is 23.1. The van der Waals surface area contributed by atoms with Gasteiger partial charge in [0.05, 0.1) is 35.0 Å². The van der Waals surface area contributed by atoms with Crippen LogP contribution in [0.4, 0.5) is 17.3 Å². The summed E-state index contributed by atoms with van der Waals surface area (Å²) in [5, 5.41) is 6.38. The second-order valence-electron chi connectivity index (χ2n) is 12.5. The summed E-state index contributed by atoms with van der Waals surface area (Å²) < 4.78 is 31.2. The summed E-state index contributed by atoms with van der Waals surface area (Å²) in [6.45, 7) is 10.8. The lowest BCUT2D eigenvalue weighted by molar-refractivity contribution is -0.0320. The number of nitrogens with one attached hydrogen (secondary N) is 2. The first-order chi connectivity index (χ1) is 17.4. The van der Waals surface area contributed by atoms with E-state index in [1.165, 1.54) is 18.9 Å². The summed E-state index contributed by atoms with van der Waals surface area (Å²) >= 11 is 0. The van der Waals surface area contributed by atoms with Gasteiger partial charge in [-0.25, -0.2) is 13.4 Å². The number of sulfone groups is 1. The molecule has 0 bridgehead atoms. The van der Waals surface area contributed by atoms with Gasteiger partial charge in [-0.05, 0) is 73.8 Å². The highest BCUT2D eigenvalue weighted by Crippen LogP contribution is 2.54. The number of hydrogen-bond donors (Lipinski definition) is 2. The van der Waals surface area contributed by atoms with Crippen molar-refractivity contribution >= 4 is 33.1 Å². The molecule has 1 aromatic heterocycles. The number of ether oxygens (including phenoxy) is 1. The maximum Gasteiger partial charge on any atom is 0.259 e. The molecule has 5 rings (SSSR count). The molecule has 0 unspecified atom stereocenters. The molecule has 1 saturated carbocycles. The van der Waals surface area contributed by atoms with Crippen molar-refractivity contribution in [3.05, 3.63) is 42.0 Å². The topological polar surface area (TPSA) is 101 Å². The van der Waals surface area contributed by atoms with Crippen LogP contribution < -0.4 is 15.5 Å². The van der Waals surface area contributed by atoms with E-state index in [1.807, 2.05) is 32.9 Å². The molecule has 2 aliphatic heterocycles. The highest BCUT2D eigenvalue weighted by Gasteiger charge is 2.45. The summed E-state index contributed by atoms with van der Waals surface area (Å²) in [5.41, 5.74) is 0.903. The third-order valence-corrected chi connectivity index (χ3v) is 9.76. The lowest BCUT2D eigenvalue weighted by Crippen LogP contribution is -2.53. The molecule has 3 fully saturated rings. The van der Waals surface area contributed by atoms with Gasteiger partial charge in [0.15, 0.2) is 9.84 Å². The molecule has 9 heteroatoms. The van der Waals surface area contributed by atoms with Gasteiger partial charge in [0.1, 0.15) is 11.6 Å². The van der Waals surface area contributed by atoms with Crippen LogP contribution in [0.1, 0.15) is 63.7 Å². The predicted octanol–water partition coefficient (Wildman–Crippen LogP) is 4.73. The van der Waals surface area contributed by atoms with Gasteiger partial charge in [0.2, 0.25) is 0 Å². The minimum absolute atomic E-state index is 0.0281. The van der Waals surface area contributed by atoms with Crippen LogP contribution in [0.25, 0.3) is 0 Å². The van der Waals surface area contributed by atoms with E-state index in [4.69, 9.17) is 9.72 Å². The van der Waals surface area contributed by atoms with Crippen molar-refractivity contribution in [2.24, 2.45) is 10.8 Å². The van der Waals surface area contributed by atoms with Crippen LogP contribution in [0, 0.1) is 10.8 Å². The average molecular weight is 527 g/mol. The summed E-state index contributed by atoms with van der Waals surface area (Å²) in [6.07, 6.45) is 4.84. The van der Waals surface area contributed by atoms with Crippen LogP contribution in [-0.4, -0.2) is 56.9 Å². The molecular formula is C28H38N4O4S. The zero-order valence-electron chi connectivity index (χ0n) is 22.3. The second-order valence-corrected chi connectivity index (χ2v) is 14.5. The number of nitrogens with zero attached hydrogens (tertiary/aromatic N) is 2. The first-order valence-electron chi connectivity index (χ1n) is 13.1. The number of pyridine rings is 1. The van der Waals surface area contributed by atoms with E-state index in [9.17, 15) is 13.2 Å². The Balaban J connectivity index is 1.39. The molecule has 8 nitrogen and oxygen atoms in total. The number of aromatic nitrogens is 1. The average Bonchev–Trinajstić information content (AvgIpc) is 3.56. The molecule has 1 aromatic carbocycles. The highest BCUT2D eigenvalue weighted by molar-refractivity contribution is 7.91. The molecule has 1 spiro atoms. The lowest BCUT2D eigenvalue weighted by Gasteiger charge is -2.39. The number of carbonyl (C=O) groups excluding carboxylic acids is 1. The first kappa shape index (κ1) is 26.0. The Labute approximate surface area is 220 Å². The molecule has 3 aliphatic rings. The van der Waals surface area contributed by atoms with Gasteiger partial charge in [-0.2, -0.15) is 0 Å². The van der Waals surface area contributed by atoms with Crippen LogP contribution >= 0.6 is 0 Å². The Morgan fingerprint density at radius 1 is 1.08 bits per heavy atom. The van der Waals surface area contributed by atoms with Crippen LogP contribution in [0.5, 0.6) is 0 Å². The van der Waals surface area contributed by atoms with Crippen molar-refractivity contribution in [2.75, 3.05) is 47.6 Å². The van der Waals surface area contributed by atoms with Gasteiger partial charge in [0.25, 0.3) is 5.91 Å². The molecule has 37 heavy (non-hydrogen) atoms. The smallest absolute Gasteiger partial charge is 0.259 e. The number of anilines is 3. The predicted molar refractivity (Wildman–Crippen MR) is 146 cm³/mol. The number of hydrogen-bond acceptors (Lipinski definition) is 7. The van der Waals surface area contributed by atoms with Gasteiger partial charge >= 0.3 is 0 Å². The summed E-state index contributed by atoms with van der Waals surface area (Å²) in [4.78, 5) is 20.8. The van der Waals surface area contributed by atoms with E-state index in [0.717, 1.165) is 31.7 Å². The minimum Gasteiger partial charge on any atom is -0.376 e. The van der Waals surface area contributed by atoms with Gasteiger partial charge < -0.3 is 20.3 Å². The van der Waals surface area contributed by atoms with E-state index in [-0.39, 0.29) is 27.5 Å². The number of amides is 1. The van der Waals surface area contributed by atoms with Crippen molar-refractivity contribution in [1.82, 2.24) is 4.98 Å². The molecule has 0 atom stereocenters. The largest absolute Gasteiger partial charge is 0.376 e. The second kappa shape index (κ2) is 9.27. The van der Waals surface area contributed by atoms with Crippen molar-refractivity contribution in [1.29, 1.82) is 0 Å². The highest BCUT2D eigenvalue weighted by atomic mass is 32.2. The van der Waals surface area contributed by atoms with Crippen molar-refractivity contribution in [3.8, 4) is 0 Å². The summed E-state index contributed by atoms with van der Waals surface area (Å²) in [5.74, 6) is 1.11. The molecule has 3 heterocycles. The quantitative estimate of drug-likeness (QED) is 0.538. The Bertz CT molecular complexity index is 1280. The first-order valence-corrected chi connectivity index (χ1v) is 14.8. The van der Waals surface area contributed by atoms with Crippen LogP contribution in [0.2, 0.25) is 0 Å². The molecule has 2 aromatic rings. The van der Waals surface area contributed by atoms with Gasteiger partial charge in [-0.1, -0.05) is 26.8 Å². The molecule has 1 amide bonds. The van der Waals surface area contributed by atoms with Crippen LogP contribution in [0.3, 0.4) is 0 Å². The number of rotatable bonds is 7. The third-order valence-electron chi connectivity index (χ3n) is 7.55. The van der Waals surface area contributed by atoms with E-state index in [2.05, 4.69) is 22.5 Å². The van der Waals surface area contributed by atoms with E-state index >= 15 is 0 Å². The molecule has 0 radical (unpaired) electrons. The third kappa shape index (κ3) is 5.93. The zero-order chi connectivity index (χ0) is 26.5. The van der Waals surface area contributed by atoms with Crippen molar-refractivity contribution in [3.63, 3.8) is 0 Å². The lowest BCUT2D eigenvalue weighted by atomic mass is 9.93. The molecule has 200 valence electrons. The van der Waals surface area contributed by atoms with Gasteiger partial charge in [-0.15, -0.1) is 0 Å². The van der Waals surface area contributed by atoms with E-state index in [1.54, 1.807) is 18.2 Å². The monoisotopic (exact) mass is 526 g/mol. The Hall–Kier alpha value is -2.65. The fourth-order valence-corrected chi connectivity index (χ4v) is 7.11.